The highest BCUT2D eigenvalue weighted by Gasteiger charge is 2.21. The molecule has 1 heterocycles. The summed E-state index contributed by atoms with van der Waals surface area (Å²) in [7, 11) is 1.48. The van der Waals surface area contributed by atoms with Crippen LogP contribution < -0.4 is 16.2 Å². The number of carboxylic acids is 1. The zero-order valence-corrected chi connectivity index (χ0v) is 15.0. The van der Waals surface area contributed by atoms with Gasteiger partial charge in [-0.05, 0) is 18.4 Å². The summed E-state index contributed by atoms with van der Waals surface area (Å²) in [5.41, 5.74) is -0.417. The van der Waals surface area contributed by atoms with Crippen LogP contribution in [-0.4, -0.2) is 59.0 Å². The molecule has 0 aromatic carbocycles. The molecule has 0 spiro atoms. The second-order valence-electron chi connectivity index (χ2n) is 6.04. The number of carboxylic acid groups (broad SMARTS) is 1. The van der Waals surface area contributed by atoms with E-state index in [1.54, 1.807) is 0 Å². The average Bonchev–Trinajstić information content (AvgIpc) is 2.57. The number of hydrogen-bond acceptors (Lipinski definition) is 6. The SMILES string of the molecule is COCCn1nc(C(=O)NCC(=O)N[C@@H](CC(C)C)C(=O)O)ccc1=O. The first kappa shape index (κ1) is 21.3. The Hall–Kier alpha value is -2.75. The molecule has 10 nitrogen and oxygen atoms in total. The molecule has 0 saturated heterocycles. The van der Waals surface area contributed by atoms with Crippen LogP contribution in [0.15, 0.2) is 16.9 Å². The van der Waals surface area contributed by atoms with Crippen LogP contribution in [0.5, 0.6) is 0 Å². The lowest BCUT2D eigenvalue weighted by atomic mass is 10.0. The van der Waals surface area contributed by atoms with Gasteiger partial charge in [0, 0.05) is 13.2 Å². The van der Waals surface area contributed by atoms with Crippen LogP contribution >= 0.6 is 0 Å². The number of carbonyl (C=O) groups is 3. The van der Waals surface area contributed by atoms with E-state index in [1.165, 1.54) is 19.2 Å². The van der Waals surface area contributed by atoms with Crippen molar-refractivity contribution < 1.29 is 24.2 Å². The third kappa shape index (κ3) is 7.01. The maximum absolute atomic E-state index is 12.1. The largest absolute Gasteiger partial charge is 0.480 e. The normalized spacial score (nSPS) is 11.8. The number of aliphatic carboxylic acids is 1. The summed E-state index contributed by atoms with van der Waals surface area (Å²) in [5.74, 6) is -2.32. The molecule has 1 atom stereocenters. The molecule has 1 aromatic heterocycles. The second kappa shape index (κ2) is 10.3. The van der Waals surface area contributed by atoms with E-state index in [0.717, 1.165) is 4.68 Å². The average molecular weight is 368 g/mol. The summed E-state index contributed by atoms with van der Waals surface area (Å²) in [6, 6.07) is 1.42. The summed E-state index contributed by atoms with van der Waals surface area (Å²) < 4.78 is 5.95. The molecule has 1 aromatic rings. The van der Waals surface area contributed by atoms with Crippen molar-refractivity contribution in [2.24, 2.45) is 5.92 Å². The molecule has 0 fully saturated rings. The van der Waals surface area contributed by atoms with Crippen molar-refractivity contribution in [3.05, 3.63) is 28.2 Å². The molecule has 2 amide bonds. The smallest absolute Gasteiger partial charge is 0.326 e. The Morgan fingerprint density at radius 3 is 2.58 bits per heavy atom. The molecular formula is C16H24N4O6. The van der Waals surface area contributed by atoms with Gasteiger partial charge in [-0.3, -0.25) is 14.4 Å². The number of ether oxygens (including phenoxy) is 1. The summed E-state index contributed by atoms with van der Waals surface area (Å²) in [6.07, 6.45) is 0.279. The first-order valence-electron chi connectivity index (χ1n) is 8.12. The van der Waals surface area contributed by atoms with E-state index < -0.39 is 30.4 Å². The molecule has 144 valence electrons. The zero-order chi connectivity index (χ0) is 19.7. The van der Waals surface area contributed by atoms with Crippen LogP contribution in [0.3, 0.4) is 0 Å². The van der Waals surface area contributed by atoms with Crippen molar-refractivity contribution in [2.75, 3.05) is 20.3 Å². The summed E-state index contributed by atoms with van der Waals surface area (Å²) >= 11 is 0. The molecule has 26 heavy (non-hydrogen) atoms. The minimum atomic E-state index is -1.13. The lowest BCUT2D eigenvalue weighted by Gasteiger charge is -2.16. The Morgan fingerprint density at radius 2 is 2.00 bits per heavy atom. The van der Waals surface area contributed by atoms with Gasteiger partial charge in [0.2, 0.25) is 5.91 Å². The molecule has 3 N–H and O–H groups in total. The minimum absolute atomic E-state index is 0.0366. The van der Waals surface area contributed by atoms with Crippen LogP contribution in [0, 0.1) is 5.92 Å². The van der Waals surface area contributed by atoms with E-state index >= 15 is 0 Å². The van der Waals surface area contributed by atoms with Gasteiger partial charge in [0.05, 0.1) is 19.7 Å². The molecule has 0 radical (unpaired) electrons. The Bertz CT molecular complexity index is 700. The van der Waals surface area contributed by atoms with Gasteiger partial charge in [0.15, 0.2) is 0 Å². The molecule has 1 rings (SSSR count). The molecule has 0 aliphatic rings. The Morgan fingerprint density at radius 1 is 1.31 bits per heavy atom. The Labute approximate surface area is 150 Å². The Kier molecular flexibility index (Phi) is 8.43. The monoisotopic (exact) mass is 368 g/mol. The predicted molar refractivity (Wildman–Crippen MR) is 91.7 cm³/mol. The molecule has 0 saturated carbocycles. The third-order valence-electron chi connectivity index (χ3n) is 3.36. The summed E-state index contributed by atoms with van der Waals surface area (Å²) in [5, 5.41) is 17.7. The van der Waals surface area contributed by atoms with Crippen molar-refractivity contribution in [3.63, 3.8) is 0 Å². The summed E-state index contributed by atoms with van der Waals surface area (Å²) in [4.78, 5) is 46.7. The number of methoxy groups -OCH3 is 1. The zero-order valence-electron chi connectivity index (χ0n) is 15.0. The third-order valence-corrected chi connectivity index (χ3v) is 3.36. The van der Waals surface area contributed by atoms with Crippen molar-refractivity contribution in [1.82, 2.24) is 20.4 Å². The number of nitrogens with one attached hydrogen (secondary N) is 2. The van der Waals surface area contributed by atoms with Crippen LogP contribution in [0.2, 0.25) is 0 Å². The highest BCUT2D eigenvalue weighted by molar-refractivity contribution is 5.95. The van der Waals surface area contributed by atoms with E-state index in [0.29, 0.717) is 0 Å². The molecule has 0 aliphatic heterocycles. The van der Waals surface area contributed by atoms with Crippen molar-refractivity contribution in [3.8, 4) is 0 Å². The maximum atomic E-state index is 12.1. The molecular weight excluding hydrogens is 344 g/mol. The van der Waals surface area contributed by atoms with E-state index in [-0.39, 0.29) is 36.7 Å². The van der Waals surface area contributed by atoms with Gasteiger partial charge < -0.3 is 20.5 Å². The highest BCUT2D eigenvalue weighted by Crippen LogP contribution is 2.04. The van der Waals surface area contributed by atoms with E-state index in [2.05, 4.69) is 15.7 Å². The molecule has 0 aliphatic carbocycles. The van der Waals surface area contributed by atoms with Crippen LogP contribution in [0.1, 0.15) is 30.8 Å². The first-order chi connectivity index (χ1) is 12.2. The fraction of sp³-hybridized carbons (Fsp3) is 0.562. The maximum Gasteiger partial charge on any atom is 0.326 e. The fourth-order valence-corrected chi connectivity index (χ4v) is 2.10. The quantitative estimate of drug-likeness (QED) is 0.493. The molecule has 0 bridgehead atoms. The van der Waals surface area contributed by atoms with Crippen molar-refractivity contribution in [1.29, 1.82) is 0 Å². The van der Waals surface area contributed by atoms with Gasteiger partial charge >= 0.3 is 5.97 Å². The number of rotatable bonds is 10. The van der Waals surface area contributed by atoms with Crippen LogP contribution in [-0.2, 0) is 20.9 Å². The van der Waals surface area contributed by atoms with Crippen LogP contribution in [0.25, 0.3) is 0 Å². The molecule has 0 unspecified atom stereocenters. The lowest BCUT2D eigenvalue weighted by Crippen LogP contribution is -2.46. The Balaban J connectivity index is 2.64. The van der Waals surface area contributed by atoms with E-state index in [1.807, 2.05) is 13.8 Å². The van der Waals surface area contributed by atoms with Crippen LogP contribution in [0.4, 0.5) is 0 Å². The second-order valence-corrected chi connectivity index (χ2v) is 6.04. The van der Waals surface area contributed by atoms with Gasteiger partial charge in [-0.25, -0.2) is 9.48 Å². The number of nitrogens with zero attached hydrogens (tertiary/aromatic N) is 2. The van der Waals surface area contributed by atoms with Gasteiger partial charge in [-0.15, -0.1) is 0 Å². The highest BCUT2D eigenvalue weighted by atomic mass is 16.5. The standard InChI is InChI=1S/C16H24N4O6/c1-10(2)8-12(16(24)25)18-13(21)9-17-15(23)11-4-5-14(22)20(19-11)6-7-26-3/h4-5,10,12H,6-9H2,1-3H3,(H,17,23)(H,18,21)(H,24,25)/t12-/m0/s1. The van der Waals surface area contributed by atoms with Gasteiger partial charge in [-0.2, -0.15) is 5.10 Å². The van der Waals surface area contributed by atoms with E-state index in [4.69, 9.17) is 9.84 Å². The van der Waals surface area contributed by atoms with Gasteiger partial charge in [0.25, 0.3) is 11.5 Å². The predicted octanol–water partition coefficient (Wildman–Crippen LogP) is -0.765. The van der Waals surface area contributed by atoms with E-state index in [9.17, 15) is 19.2 Å². The van der Waals surface area contributed by atoms with Gasteiger partial charge in [0.1, 0.15) is 11.7 Å². The number of hydrogen-bond donors (Lipinski definition) is 3. The van der Waals surface area contributed by atoms with Gasteiger partial charge in [-0.1, -0.05) is 13.8 Å². The fourth-order valence-electron chi connectivity index (χ4n) is 2.10. The number of amides is 2. The first-order valence-corrected chi connectivity index (χ1v) is 8.12. The van der Waals surface area contributed by atoms with Crippen molar-refractivity contribution >= 4 is 17.8 Å². The number of carbonyl (C=O) groups excluding carboxylic acids is 2. The molecule has 10 heteroatoms. The summed E-state index contributed by atoms with van der Waals surface area (Å²) in [6.45, 7) is 3.72. The topological polar surface area (TPSA) is 140 Å². The minimum Gasteiger partial charge on any atom is -0.480 e. The van der Waals surface area contributed by atoms with Crippen molar-refractivity contribution in [2.45, 2.75) is 32.9 Å². The lowest BCUT2D eigenvalue weighted by molar-refractivity contribution is -0.142. The number of aromatic nitrogens is 2.